The second-order valence-corrected chi connectivity index (χ2v) is 8.57. The summed E-state index contributed by atoms with van der Waals surface area (Å²) < 4.78 is 1.02. The fourth-order valence-electron chi connectivity index (χ4n) is 3.86. The van der Waals surface area contributed by atoms with Crippen LogP contribution in [0.4, 0.5) is 0 Å². The lowest BCUT2D eigenvalue weighted by Crippen LogP contribution is -2.38. The van der Waals surface area contributed by atoms with Crippen LogP contribution in [0.3, 0.4) is 0 Å². The molecule has 5 rings (SSSR count). The van der Waals surface area contributed by atoms with E-state index in [1.54, 1.807) is 22.9 Å². The van der Waals surface area contributed by atoms with E-state index in [4.69, 9.17) is 23.2 Å². The van der Waals surface area contributed by atoms with Gasteiger partial charge in [-0.15, -0.1) is 11.3 Å². The number of aromatic amines is 1. The lowest BCUT2D eigenvalue weighted by Gasteiger charge is -2.24. The van der Waals surface area contributed by atoms with Crippen LogP contribution < -0.4 is 5.32 Å². The molecule has 0 bridgehead atoms. The van der Waals surface area contributed by atoms with Crippen LogP contribution in [0.2, 0.25) is 10.0 Å². The number of aryl methyl sites for hydroxylation is 1. The van der Waals surface area contributed by atoms with E-state index in [1.165, 1.54) is 11.3 Å². The Balaban J connectivity index is 1.41. The molecule has 2 N–H and O–H groups in total. The summed E-state index contributed by atoms with van der Waals surface area (Å²) in [6.07, 6.45) is 2.52. The van der Waals surface area contributed by atoms with Crippen LogP contribution in [-0.2, 0) is 12.8 Å². The fourth-order valence-corrected chi connectivity index (χ4v) is 5.19. The Hall–Kier alpha value is -2.08. The standard InChI is InChI=1S/C20H15Cl2N3OS/c21-11-6-14(22)19-13-8-12(2-4-15(13)25-17(19)7-11)24-20(26)10-1-3-16-18(5-10)27-9-23-16/h1,3,5-7,9,12,25H,2,4,8H2,(H,24,26)/t12-/m1/s1. The summed E-state index contributed by atoms with van der Waals surface area (Å²) in [5.74, 6) is -0.0484. The molecule has 1 aliphatic rings. The molecule has 0 spiro atoms. The zero-order valence-electron chi connectivity index (χ0n) is 14.2. The molecule has 0 unspecified atom stereocenters. The molecule has 1 atom stereocenters. The molecule has 1 amide bonds. The largest absolute Gasteiger partial charge is 0.358 e. The van der Waals surface area contributed by atoms with Crippen molar-refractivity contribution in [2.24, 2.45) is 0 Å². The number of rotatable bonds is 2. The average Bonchev–Trinajstić information content (AvgIpc) is 3.24. The summed E-state index contributed by atoms with van der Waals surface area (Å²) in [5.41, 5.74) is 6.71. The van der Waals surface area contributed by atoms with Crippen LogP contribution in [0.15, 0.2) is 35.8 Å². The van der Waals surface area contributed by atoms with Crippen molar-refractivity contribution < 1.29 is 4.79 Å². The number of hydrogen-bond donors (Lipinski definition) is 2. The van der Waals surface area contributed by atoms with Crippen LogP contribution in [0.5, 0.6) is 0 Å². The molecule has 27 heavy (non-hydrogen) atoms. The van der Waals surface area contributed by atoms with E-state index < -0.39 is 0 Å². The molecule has 2 aromatic heterocycles. The molecule has 0 saturated heterocycles. The number of amides is 1. The van der Waals surface area contributed by atoms with Crippen LogP contribution >= 0.6 is 34.5 Å². The molecular weight excluding hydrogens is 401 g/mol. The van der Waals surface area contributed by atoms with Gasteiger partial charge in [0, 0.05) is 33.2 Å². The van der Waals surface area contributed by atoms with Gasteiger partial charge in [-0.2, -0.15) is 0 Å². The molecule has 136 valence electrons. The van der Waals surface area contributed by atoms with Crippen LogP contribution in [0.1, 0.15) is 28.0 Å². The van der Waals surface area contributed by atoms with Crippen molar-refractivity contribution in [3.8, 4) is 0 Å². The number of aromatic nitrogens is 2. The number of carbonyl (C=O) groups excluding carboxylic acids is 1. The maximum Gasteiger partial charge on any atom is 0.251 e. The minimum atomic E-state index is -0.0484. The van der Waals surface area contributed by atoms with Gasteiger partial charge in [0.25, 0.3) is 5.91 Å². The van der Waals surface area contributed by atoms with Gasteiger partial charge in [-0.1, -0.05) is 23.2 Å². The van der Waals surface area contributed by atoms with Crippen molar-refractivity contribution >= 4 is 61.6 Å². The summed E-state index contributed by atoms with van der Waals surface area (Å²) in [4.78, 5) is 20.4. The highest BCUT2D eigenvalue weighted by Gasteiger charge is 2.25. The highest BCUT2D eigenvalue weighted by Crippen LogP contribution is 2.36. The van der Waals surface area contributed by atoms with Gasteiger partial charge in [0.2, 0.25) is 0 Å². The summed E-state index contributed by atoms with van der Waals surface area (Å²) in [6, 6.07) is 9.37. The van der Waals surface area contributed by atoms with Crippen LogP contribution in [0, 0.1) is 0 Å². The number of thiazole rings is 1. The normalized spacial score (nSPS) is 16.6. The maximum absolute atomic E-state index is 12.7. The Labute approximate surface area is 169 Å². The fraction of sp³-hybridized carbons (Fsp3) is 0.200. The number of nitrogens with zero attached hydrogens (tertiary/aromatic N) is 1. The van der Waals surface area contributed by atoms with Crippen molar-refractivity contribution in [3.63, 3.8) is 0 Å². The SMILES string of the molecule is O=C(N[C@@H]1CCc2[nH]c3cc(Cl)cc(Cl)c3c2C1)c1ccc2ncsc2c1. The lowest BCUT2D eigenvalue weighted by atomic mass is 9.91. The van der Waals surface area contributed by atoms with Gasteiger partial charge in [0.05, 0.1) is 20.7 Å². The third kappa shape index (κ3) is 3.00. The van der Waals surface area contributed by atoms with E-state index in [2.05, 4.69) is 15.3 Å². The van der Waals surface area contributed by atoms with Gasteiger partial charge >= 0.3 is 0 Å². The van der Waals surface area contributed by atoms with E-state index in [0.29, 0.717) is 15.6 Å². The molecular formula is C20H15Cl2N3OS. The van der Waals surface area contributed by atoms with Crippen molar-refractivity contribution in [3.05, 3.63) is 62.7 Å². The minimum Gasteiger partial charge on any atom is -0.358 e. The number of benzene rings is 2. The highest BCUT2D eigenvalue weighted by molar-refractivity contribution is 7.16. The molecule has 0 radical (unpaired) electrons. The summed E-state index contributed by atoms with van der Waals surface area (Å²) >= 11 is 14.1. The van der Waals surface area contributed by atoms with E-state index >= 15 is 0 Å². The average molecular weight is 416 g/mol. The molecule has 2 heterocycles. The van der Waals surface area contributed by atoms with Gasteiger partial charge in [0.15, 0.2) is 0 Å². The van der Waals surface area contributed by atoms with E-state index in [9.17, 15) is 4.79 Å². The number of carbonyl (C=O) groups is 1. The quantitative estimate of drug-likeness (QED) is 0.462. The third-order valence-electron chi connectivity index (χ3n) is 5.13. The number of fused-ring (bicyclic) bond motifs is 4. The monoisotopic (exact) mass is 415 g/mol. The summed E-state index contributed by atoms with van der Waals surface area (Å²) in [7, 11) is 0. The minimum absolute atomic E-state index is 0.0484. The predicted molar refractivity (Wildman–Crippen MR) is 111 cm³/mol. The Morgan fingerprint density at radius 3 is 3.04 bits per heavy atom. The first-order valence-electron chi connectivity index (χ1n) is 8.71. The summed E-state index contributed by atoms with van der Waals surface area (Å²) in [6.45, 7) is 0. The molecule has 0 fully saturated rings. The number of nitrogens with one attached hydrogen (secondary N) is 2. The van der Waals surface area contributed by atoms with Crippen molar-refractivity contribution in [1.82, 2.24) is 15.3 Å². The van der Waals surface area contributed by atoms with E-state index in [-0.39, 0.29) is 11.9 Å². The zero-order chi connectivity index (χ0) is 18.5. The van der Waals surface area contributed by atoms with Crippen molar-refractivity contribution in [1.29, 1.82) is 0 Å². The Morgan fingerprint density at radius 1 is 1.26 bits per heavy atom. The molecule has 7 heteroatoms. The highest BCUT2D eigenvalue weighted by atomic mass is 35.5. The topological polar surface area (TPSA) is 57.8 Å². The van der Waals surface area contributed by atoms with Gasteiger partial charge in [-0.25, -0.2) is 4.98 Å². The third-order valence-corrected chi connectivity index (χ3v) is 6.44. The first kappa shape index (κ1) is 17.0. The summed E-state index contributed by atoms with van der Waals surface area (Å²) in [5, 5.41) is 5.47. The number of halogens is 2. The van der Waals surface area contributed by atoms with E-state index in [1.807, 2.05) is 24.3 Å². The smallest absolute Gasteiger partial charge is 0.251 e. The molecule has 0 aliphatic heterocycles. The molecule has 4 nitrogen and oxygen atoms in total. The van der Waals surface area contributed by atoms with Gasteiger partial charge < -0.3 is 10.3 Å². The van der Waals surface area contributed by atoms with Crippen molar-refractivity contribution in [2.75, 3.05) is 0 Å². The van der Waals surface area contributed by atoms with E-state index in [0.717, 1.165) is 40.4 Å². The second-order valence-electron chi connectivity index (χ2n) is 6.84. The Bertz CT molecular complexity index is 1200. The molecule has 1 aliphatic carbocycles. The zero-order valence-corrected chi connectivity index (χ0v) is 16.5. The van der Waals surface area contributed by atoms with Gasteiger partial charge in [-0.3, -0.25) is 4.79 Å². The first-order valence-corrected chi connectivity index (χ1v) is 10.3. The Kier molecular flexibility index (Phi) is 4.11. The second kappa shape index (κ2) is 6.51. The maximum atomic E-state index is 12.7. The molecule has 0 saturated carbocycles. The molecule has 2 aromatic carbocycles. The number of H-pyrrole nitrogens is 1. The van der Waals surface area contributed by atoms with Crippen LogP contribution in [-0.4, -0.2) is 21.9 Å². The Morgan fingerprint density at radius 2 is 2.15 bits per heavy atom. The lowest BCUT2D eigenvalue weighted by molar-refractivity contribution is 0.0934. The number of hydrogen-bond acceptors (Lipinski definition) is 3. The van der Waals surface area contributed by atoms with Gasteiger partial charge in [-0.05, 0) is 55.2 Å². The molecule has 4 aromatic rings. The first-order chi connectivity index (χ1) is 13.1. The van der Waals surface area contributed by atoms with Crippen molar-refractivity contribution in [2.45, 2.75) is 25.3 Å². The van der Waals surface area contributed by atoms with Crippen LogP contribution in [0.25, 0.3) is 21.1 Å². The van der Waals surface area contributed by atoms with Gasteiger partial charge in [0.1, 0.15) is 0 Å². The predicted octanol–water partition coefficient (Wildman–Crippen LogP) is 5.37.